The molecule has 0 unspecified atom stereocenters. The van der Waals surface area contributed by atoms with E-state index in [2.05, 4.69) is 4.98 Å². The zero-order valence-corrected chi connectivity index (χ0v) is 23.2. The van der Waals surface area contributed by atoms with Gasteiger partial charge in [0.05, 0.1) is 7.11 Å². The first-order valence-corrected chi connectivity index (χ1v) is 13.6. The summed E-state index contributed by atoms with van der Waals surface area (Å²) in [5, 5.41) is 1.09. The van der Waals surface area contributed by atoms with Crippen molar-refractivity contribution in [3.63, 3.8) is 0 Å². The van der Waals surface area contributed by atoms with Crippen LogP contribution in [-0.2, 0) is 24.3 Å². The van der Waals surface area contributed by atoms with Gasteiger partial charge in [0, 0.05) is 47.9 Å². The van der Waals surface area contributed by atoms with Crippen molar-refractivity contribution in [2.45, 2.75) is 19.5 Å². The van der Waals surface area contributed by atoms with Gasteiger partial charge >= 0.3 is 0 Å². The molecule has 214 valence electrons. The fourth-order valence-electron chi connectivity index (χ4n) is 4.97. The number of nitrogens with one attached hydrogen (secondary N) is 1. The normalized spacial score (nSPS) is 10.9. The molecule has 0 spiro atoms. The third kappa shape index (κ3) is 6.83. The number of halogens is 2. The minimum Gasteiger partial charge on any atom is -0.496 e. The molecule has 8 heteroatoms. The van der Waals surface area contributed by atoms with E-state index in [0.29, 0.717) is 24.3 Å². The van der Waals surface area contributed by atoms with Crippen LogP contribution in [0.25, 0.3) is 10.9 Å². The Morgan fingerprint density at radius 2 is 1.43 bits per heavy atom. The van der Waals surface area contributed by atoms with E-state index in [1.165, 1.54) is 41.3 Å². The van der Waals surface area contributed by atoms with Gasteiger partial charge in [0.1, 0.15) is 23.9 Å². The molecule has 5 aromatic rings. The lowest BCUT2D eigenvalue weighted by molar-refractivity contribution is -0.132. The minimum absolute atomic E-state index is 0.0766. The monoisotopic (exact) mass is 567 g/mol. The molecule has 42 heavy (non-hydrogen) atoms. The zero-order valence-electron chi connectivity index (χ0n) is 23.2. The van der Waals surface area contributed by atoms with Gasteiger partial charge in [0.2, 0.25) is 5.91 Å². The van der Waals surface area contributed by atoms with Crippen molar-refractivity contribution in [1.29, 1.82) is 0 Å². The second-order valence-corrected chi connectivity index (χ2v) is 10.0. The fraction of sp³-hybridized carbons (Fsp3) is 0.176. The van der Waals surface area contributed by atoms with Crippen LogP contribution in [0.3, 0.4) is 0 Å². The number of hydrogen-bond donors (Lipinski definition) is 1. The summed E-state index contributed by atoms with van der Waals surface area (Å²) >= 11 is 0. The molecular weight excluding hydrogens is 536 g/mol. The molecule has 0 aliphatic rings. The van der Waals surface area contributed by atoms with Crippen LogP contribution in [0.2, 0.25) is 0 Å². The predicted octanol–water partition coefficient (Wildman–Crippen LogP) is 6.37. The number of aromatic nitrogens is 1. The number of nitrogens with zero attached hydrogens (tertiary/aromatic N) is 2. The molecule has 0 bridgehead atoms. The third-order valence-corrected chi connectivity index (χ3v) is 7.22. The number of methoxy groups -OCH3 is 1. The van der Waals surface area contributed by atoms with Gasteiger partial charge in [-0.3, -0.25) is 9.59 Å². The van der Waals surface area contributed by atoms with Crippen molar-refractivity contribution in [1.82, 2.24) is 14.8 Å². The molecule has 2 amide bonds. The highest BCUT2D eigenvalue weighted by Crippen LogP contribution is 2.22. The van der Waals surface area contributed by atoms with E-state index in [-0.39, 0.29) is 31.1 Å². The Bertz CT molecular complexity index is 1670. The standard InChI is InChI=1S/C34H31F2N3O3/c1-42-32-9-5-2-6-27(32)22-38(19-18-26-20-37-31-8-4-3-7-30(26)31)33(40)23-39(21-24-10-14-28(35)15-11-24)34(41)25-12-16-29(36)17-13-25/h2-17,20,37H,18-19,21-23H2,1H3. The van der Waals surface area contributed by atoms with Gasteiger partial charge in [-0.05, 0) is 66.1 Å². The summed E-state index contributed by atoms with van der Waals surface area (Å²) in [5.41, 5.74) is 3.85. The van der Waals surface area contributed by atoms with Gasteiger partial charge in [-0.25, -0.2) is 8.78 Å². The Balaban J connectivity index is 1.42. The van der Waals surface area contributed by atoms with Gasteiger partial charge in [-0.2, -0.15) is 0 Å². The van der Waals surface area contributed by atoms with Crippen molar-refractivity contribution in [2.75, 3.05) is 20.2 Å². The van der Waals surface area contributed by atoms with Crippen LogP contribution in [0.1, 0.15) is 27.0 Å². The maximum atomic E-state index is 14.0. The molecular formula is C34H31F2N3O3. The molecule has 1 N–H and O–H groups in total. The zero-order chi connectivity index (χ0) is 29.5. The number of para-hydroxylation sites is 2. The Morgan fingerprint density at radius 1 is 0.762 bits per heavy atom. The van der Waals surface area contributed by atoms with Crippen molar-refractivity contribution >= 4 is 22.7 Å². The van der Waals surface area contributed by atoms with Gasteiger partial charge in [-0.1, -0.05) is 48.5 Å². The third-order valence-electron chi connectivity index (χ3n) is 7.22. The number of carbonyl (C=O) groups excluding carboxylic acids is 2. The highest BCUT2D eigenvalue weighted by atomic mass is 19.1. The number of fused-ring (bicyclic) bond motifs is 1. The molecule has 0 fully saturated rings. The van der Waals surface area contributed by atoms with E-state index in [4.69, 9.17) is 4.74 Å². The van der Waals surface area contributed by atoms with Crippen molar-refractivity contribution in [3.05, 3.63) is 137 Å². The number of amides is 2. The number of hydrogen-bond acceptors (Lipinski definition) is 3. The predicted molar refractivity (Wildman–Crippen MR) is 158 cm³/mol. The van der Waals surface area contributed by atoms with E-state index >= 15 is 0 Å². The largest absolute Gasteiger partial charge is 0.496 e. The summed E-state index contributed by atoms with van der Waals surface area (Å²) < 4.78 is 32.7. The number of rotatable bonds is 11. The van der Waals surface area contributed by atoms with Crippen LogP contribution in [0.4, 0.5) is 8.78 Å². The van der Waals surface area contributed by atoms with Crippen molar-refractivity contribution in [2.24, 2.45) is 0 Å². The molecule has 0 atom stereocenters. The number of H-pyrrole nitrogens is 1. The van der Waals surface area contributed by atoms with E-state index in [1.54, 1.807) is 24.1 Å². The van der Waals surface area contributed by atoms with Gasteiger partial charge in [0.25, 0.3) is 5.91 Å². The Morgan fingerprint density at radius 3 is 2.17 bits per heavy atom. The molecule has 6 nitrogen and oxygen atoms in total. The maximum absolute atomic E-state index is 14.0. The fourth-order valence-corrected chi connectivity index (χ4v) is 4.97. The lowest BCUT2D eigenvalue weighted by atomic mass is 10.1. The topological polar surface area (TPSA) is 65.6 Å². The van der Waals surface area contributed by atoms with Crippen LogP contribution < -0.4 is 4.74 Å². The van der Waals surface area contributed by atoms with E-state index < -0.39 is 17.5 Å². The molecule has 0 aliphatic carbocycles. The quantitative estimate of drug-likeness (QED) is 0.202. The molecule has 5 rings (SSSR count). The van der Waals surface area contributed by atoms with Crippen LogP contribution in [0.15, 0.2) is 103 Å². The van der Waals surface area contributed by atoms with Crippen LogP contribution in [0, 0.1) is 11.6 Å². The van der Waals surface area contributed by atoms with E-state index in [1.807, 2.05) is 54.7 Å². The van der Waals surface area contributed by atoms with Gasteiger partial charge < -0.3 is 19.5 Å². The molecule has 4 aromatic carbocycles. The highest BCUT2D eigenvalue weighted by Gasteiger charge is 2.24. The van der Waals surface area contributed by atoms with Crippen LogP contribution >= 0.6 is 0 Å². The van der Waals surface area contributed by atoms with Crippen molar-refractivity contribution in [3.8, 4) is 5.75 Å². The average molecular weight is 568 g/mol. The Kier molecular flexibility index (Phi) is 8.92. The lowest BCUT2D eigenvalue weighted by Crippen LogP contribution is -2.43. The number of aromatic amines is 1. The molecule has 0 saturated heterocycles. The lowest BCUT2D eigenvalue weighted by Gasteiger charge is -2.28. The maximum Gasteiger partial charge on any atom is 0.254 e. The SMILES string of the molecule is COc1ccccc1CN(CCc1c[nH]c2ccccc12)C(=O)CN(Cc1ccc(F)cc1)C(=O)c1ccc(F)cc1. The van der Waals surface area contributed by atoms with Gasteiger partial charge in [-0.15, -0.1) is 0 Å². The van der Waals surface area contributed by atoms with Crippen molar-refractivity contribution < 1.29 is 23.1 Å². The van der Waals surface area contributed by atoms with Crippen LogP contribution in [-0.4, -0.2) is 46.8 Å². The smallest absolute Gasteiger partial charge is 0.254 e. The Hall–Kier alpha value is -4.98. The van der Waals surface area contributed by atoms with E-state index in [0.717, 1.165) is 22.0 Å². The summed E-state index contributed by atoms with van der Waals surface area (Å²) in [5.74, 6) is -0.896. The minimum atomic E-state index is -0.465. The number of carbonyl (C=O) groups is 2. The number of benzene rings is 4. The first-order chi connectivity index (χ1) is 20.4. The first kappa shape index (κ1) is 28.5. The molecule has 0 radical (unpaired) electrons. The highest BCUT2D eigenvalue weighted by molar-refractivity contribution is 5.96. The second kappa shape index (κ2) is 13.1. The van der Waals surface area contributed by atoms with Crippen LogP contribution in [0.5, 0.6) is 5.75 Å². The number of ether oxygens (including phenoxy) is 1. The summed E-state index contributed by atoms with van der Waals surface area (Å²) in [6, 6.07) is 26.5. The molecule has 0 aliphatic heterocycles. The summed E-state index contributed by atoms with van der Waals surface area (Å²) in [6.07, 6.45) is 2.55. The Labute approximate surface area is 243 Å². The van der Waals surface area contributed by atoms with Gasteiger partial charge in [0.15, 0.2) is 0 Å². The van der Waals surface area contributed by atoms with E-state index in [9.17, 15) is 18.4 Å². The molecule has 0 saturated carbocycles. The molecule has 1 aromatic heterocycles. The summed E-state index contributed by atoms with van der Waals surface area (Å²) in [7, 11) is 1.59. The second-order valence-electron chi connectivity index (χ2n) is 10.0. The summed E-state index contributed by atoms with van der Waals surface area (Å²) in [6.45, 7) is 0.526. The average Bonchev–Trinajstić information content (AvgIpc) is 3.43. The molecule has 1 heterocycles. The first-order valence-electron chi connectivity index (χ1n) is 13.6. The summed E-state index contributed by atoms with van der Waals surface area (Å²) in [4.78, 5) is 34.0.